The highest BCUT2D eigenvalue weighted by atomic mass is 79.9. The monoisotopic (exact) mass is 326 g/mol. The first-order valence-corrected chi connectivity index (χ1v) is 7.76. The molecule has 1 aliphatic heterocycles. The van der Waals surface area contributed by atoms with Crippen molar-refractivity contribution in [1.82, 2.24) is 5.32 Å². The Labute approximate surface area is 124 Å². The minimum absolute atomic E-state index is 0.302. The van der Waals surface area contributed by atoms with Gasteiger partial charge in [0.1, 0.15) is 0 Å². The lowest BCUT2D eigenvalue weighted by atomic mass is 10.1. The van der Waals surface area contributed by atoms with E-state index in [1.165, 1.54) is 11.3 Å². The van der Waals surface area contributed by atoms with Gasteiger partial charge in [0.25, 0.3) is 0 Å². The Morgan fingerprint density at radius 2 is 2.26 bits per heavy atom. The zero-order valence-corrected chi connectivity index (χ0v) is 13.5. The lowest BCUT2D eigenvalue weighted by Gasteiger charge is -2.31. The molecule has 0 saturated carbocycles. The molecule has 4 heteroatoms. The summed E-state index contributed by atoms with van der Waals surface area (Å²) in [6.45, 7) is 7.06. The molecule has 1 fully saturated rings. The van der Waals surface area contributed by atoms with Gasteiger partial charge >= 0.3 is 0 Å². The summed E-state index contributed by atoms with van der Waals surface area (Å²) < 4.78 is 6.82. The second kappa shape index (κ2) is 6.73. The van der Waals surface area contributed by atoms with Crippen LogP contribution in [0, 0.1) is 0 Å². The maximum absolute atomic E-state index is 5.69. The lowest BCUT2D eigenvalue weighted by molar-refractivity contribution is 0.118. The molecule has 1 aromatic carbocycles. The van der Waals surface area contributed by atoms with Crippen molar-refractivity contribution in [3.63, 3.8) is 0 Å². The van der Waals surface area contributed by atoms with Crippen molar-refractivity contribution in [2.75, 3.05) is 25.1 Å². The second-order valence-electron chi connectivity index (χ2n) is 5.10. The zero-order valence-electron chi connectivity index (χ0n) is 11.9. The molecule has 0 spiro atoms. The van der Waals surface area contributed by atoms with E-state index in [4.69, 9.17) is 4.74 Å². The van der Waals surface area contributed by atoms with E-state index in [9.17, 15) is 0 Å². The first-order valence-electron chi connectivity index (χ1n) is 6.97. The van der Waals surface area contributed by atoms with E-state index in [0.29, 0.717) is 12.1 Å². The molecule has 19 heavy (non-hydrogen) atoms. The smallest absolute Gasteiger partial charge is 0.0750 e. The van der Waals surface area contributed by atoms with E-state index in [1.54, 1.807) is 0 Å². The molecule has 0 bridgehead atoms. The number of ether oxygens (including phenoxy) is 1. The fourth-order valence-electron chi connectivity index (χ4n) is 2.68. The van der Waals surface area contributed by atoms with Gasteiger partial charge in [-0.1, -0.05) is 28.9 Å². The van der Waals surface area contributed by atoms with E-state index in [0.717, 1.165) is 30.6 Å². The molecule has 2 unspecified atom stereocenters. The minimum atomic E-state index is 0.302. The van der Waals surface area contributed by atoms with Crippen LogP contribution in [0.2, 0.25) is 0 Å². The minimum Gasteiger partial charge on any atom is -0.376 e. The van der Waals surface area contributed by atoms with Crippen LogP contribution in [0.4, 0.5) is 5.69 Å². The summed E-state index contributed by atoms with van der Waals surface area (Å²) in [5, 5.41) is 3.41. The molecule has 1 heterocycles. The van der Waals surface area contributed by atoms with Gasteiger partial charge in [0.2, 0.25) is 0 Å². The Balaban J connectivity index is 2.23. The predicted octanol–water partition coefficient (Wildman–Crippen LogP) is 3.17. The number of rotatable bonds is 5. The number of benzene rings is 1. The summed E-state index contributed by atoms with van der Waals surface area (Å²) in [7, 11) is 2.17. The summed E-state index contributed by atoms with van der Waals surface area (Å²) >= 11 is 3.58. The molecular weight excluding hydrogens is 304 g/mol. The van der Waals surface area contributed by atoms with Gasteiger partial charge in [-0.15, -0.1) is 0 Å². The summed E-state index contributed by atoms with van der Waals surface area (Å²) in [6.07, 6.45) is 1.40. The molecule has 0 radical (unpaired) electrons. The molecule has 2 rings (SSSR count). The van der Waals surface area contributed by atoms with Crippen molar-refractivity contribution in [2.24, 2.45) is 0 Å². The van der Waals surface area contributed by atoms with Crippen LogP contribution in [0.1, 0.15) is 25.8 Å². The third kappa shape index (κ3) is 3.50. The number of nitrogens with one attached hydrogen (secondary N) is 1. The normalized spacial score (nSPS) is 22.7. The molecule has 1 saturated heterocycles. The summed E-state index contributed by atoms with van der Waals surface area (Å²) in [5.74, 6) is 0. The SMILES string of the molecule is CCNCc1ccc(Br)cc1N(C)C1CCOC1C. The summed E-state index contributed by atoms with van der Waals surface area (Å²) in [6, 6.07) is 6.98. The van der Waals surface area contributed by atoms with Gasteiger partial charge < -0.3 is 15.0 Å². The highest BCUT2D eigenvalue weighted by Gasteiger charge is 2.29. The van der Waals surface area contributed by atoms with Gasteiger partial charge in [0.15, 0.2) is 0 Å². The Bertz CT molecular complexity index is 425. The maximum atomic E-state index is 5.69. The van der Waals surface area contributed by atoms with Crippen LogP contribution in [0.15, 0.2) is 22.7 Å². The molecule has 1 aromatic rings. The van der Waals surface area contributed by atoms with Crippen molar-refractivity contribution in [1.29, 1.82) is 0 Å². The standard InChI is InChI=1S/C15H23BrN2O/c1-4-17-10-12-5-6-13(16)9-15(12)18(3)14-7-8-19-11(14)2/h5-6,9,11,14,17H,4,7-8,10H2,1-3H3. The molecule has 3 nitrogen and oxygen atoms in total. The highest BCUT2D eigenvalue weighted by molar-refractivity contribution is 9.10. The topological polar surface area (TPSA) is 24.5 Å². The van der Waals surface area contributed by atoms with E-state index in [-0.39, 0.29) is 0 Å². The van der Waals surface area contributed by atoms with Crippen molar-refractivity contribution in [2.45, 2.75) is 39.0 Å². The van der Waals surface area contributed by atoms with Crippen LogP contribution in [-0.4, -0.2) is 32.3 Å². The van der Waals surface area contributed by atoms with E-state index < -0.39 is 0 Å². The van der Waals surface area contributed by atoms with Crippen molar-refractivity contribution < 1.29 is 4.74 Å². The first kappa shape index (κ1) is 14.8. The van der Waals surface area contributed by atoms with E-state index in [2.05, 4.69) is 65.2 Å². The Morgan fingerprint density at radius 3 is 2.89 bits per heavy atom. The van der Waals surface area contributed by atoms with Crippen LogP contribution in [0.25, 0.3) is 0 Å². The molecule has 1 N–H and O–H groups in total. The second-order valence-corrected chi connectivity index (χ2v) is 6.01. The van der Waals surface area contributed by atoms with Crippen LogP contribution < -0.4 is 10.2 Å². The number of likely N-dealkylation sites (N-methyl/N-ethyl adjacent to an activating group) is 1. The number of anilines is 1. The van der Waals surface area contributed by atoms with Gasteiger partial charge in [0.05, 0.1) is 12.1 Å². The van der Waals surface area contributed by atoms with E-state index in [1.807, 2.05) is 0 Å². The molecule has 2 atom stereocenters. The number of nitrogens with zero attached hydrogens (tertiary/aromatic N) is 1. The van der Waals surface area contributed by atoms with Gasteiger partial charge in [-0.2, -0.15) is 0 Å². The summed E-state index contributed by atoms with van der Waals surface area (Å²) in [4.78, 5) is 2.37. The quantitative estimate of drug-likeness (QED) is 0.899. The lowest BCUT2D eigenvalue weighted by Crippen LogP contribution is -2.37. The largest absolute Gasteiger partial charge is 0.376 e. The van der Waals surface area contributed by atoms with Gasteiger partial charge in [-0.25, -0.2) is 0 Å². The first-order chi connectivity index (χ1) is 9.13. The van der Waals surface area contributed by atoms with Crippen molar-refractivity contribution in [3.05, 3.63) is 28.2 Å². The Hall–Kier alpha value is -0.580. The molecule has 0 aromatic heterocycles. The fourth-order valence-corrected chi connectivity index (χ4v) is 3.03. The van der Waals surface area contributed by atoms with Crippen LogP contribution in [0.3, 0.4) is 0 Å². The van der Waals surface area contributed by atoms with Gasteiger partial charge in [0, 0.05) is 30.4 Å². The zero-order chi connectivity index (χ0) is 13.8. The van der Waals surface area contributed by atoms with E-state index >= 15 is 0 Å². The maximum Gasteiger partial charge on any atom is 0.0750 e. The van der Waals surface area contributed by atoms with Crippen LogP contribution >= 0.6 is 15.9 Å². The highest BCUT2D eigenvalue weighted by Crippen LogP contribution is 2.29. The number of halogens is 1. The summed E-state index contributed by atoms with van der Waals surface area (Å²) in [5.41, 5.74) is 2.63. The molecule has 1 aliphatic rings. The van der Waals surface area contributed by atoms with Gasteiger partial charge in [-0.05, 0) is 37.6 Å². The fraction of sp³-hybridized carbons (Fsp3) is 0.600. The number of hydrogen-bond acceptors (Lipinski definition) is 3. The average molecular weight is 327 g/mol. The third-order valence-electron chi connectivity index (χ3n) is 3.83. The Kier molecular flexibility index (Phi) is 5.25. The van der Waals surface area contributed by atoms with Crippen LogP contribution in [0.5, 0.6) is 0 Å². The third-order valence-corrected chi connectivity index (χ3v) is 4.32. The molecular formula is C15H23BrN2O. The molecule has 0 aliphatic carbocycles. The Morgan fingerprint density at radius 1 is 1.47 bits per heavy atom. The molecule has 106 valence electrons. The van der Waals surface area contributed by atoms with Crippen LogP contribution in [-0.2, 0) is 11.3 Å². The average Bonchev–Trinajstić information content (AvgIpc) is 2.82. The number of hydrogen-bond donors (Lipinski definition) is 1. The predicted molar refractivity (Wildman–Crippen MR) is 83.7 cm³/mol. The molecule has 0 amide bonds. The van der Waals surface area contributed by atoms with Crippen molar-refractivity contribution in [3.8, 4) is 0 Å². The van der Waals surface area contributed by atoms with Crippen molar-refractivity contribution >= 4 is 21.6 Å². The van der Waals surface area contributed by atoms with Gasteiger partial charge in [-0.3, -0.25) is 0 Å².